The number of rotatable bonds is 4. The highest BCUT2D eigenvalue weighted by molar-refractivity contribution is 6.36. The number of hydrogen-bond acceptors (Lipinski definition) is 3. The van der Waals surface area contributed by atoms with Gasteiger partial charge in [0.2, 0.25) is 0 Å². The van der Waals surface area contributed by atoms with Gasteiger partial charge in [-0.15, -0.1) is 0 Å². The summed E-state index contributed by atoms with van der Waals surface area (Å²) in [5.41, 5.74) is 0.439. The maximum absolute atomic E-state index is 11.7. The van der Waals surface area contributed by atoms with Crippen LogP contribution in [0.4, 0.5) is 10.5 Å². The van der Waals surface area contributed by atoms with Crippen LogP contribution in [0.1, 0.15) is 12.8 Å². The molecule has 0 radical (unpaired) electrons. The fourth-order valence-electron chi connectivity index (χ4n) is 2.00. The van der Waals surface area contributed by atoms with E-state index in [-0.39, 0.29) is 12.6 Å². The first-order valence-corrected chi connectivity index (χ1v) is 7.09. The van der Waals surface area contributed by atoms with Crippen molar-refractivity contribution >= 4 is 40.9 Å². The van der Waals surface area contributed by atoms with Crippen molar-refractivity contribution in [3.05, 3.63) is 28.2 Å². The fourth-order valence-corrected chi connectivity index (χ4v) is 2.46. The van der Waals surface area contributed by atoms with Crippen LogP contribution < -0.4 is 10.6 Å². The standard InChI is InChI=1S/C13H14Cl2N2O4/c14-7-1-3-10(9(15)5-7)17-13(20)16-6-8-2-4-11(21-8)12(18)19/h1,3,5,8,11H,2,4,6H2,(H,18,19)(H2,16,17,20). The van der Waals surface area contributed by atoms with Crippen LogP contribution >= 0.6 is 23.2 Å². The minimum atomic E-state index is -0.977. The summed E-state index contributed by atoms with van der Waals surface area (Å²) in [5, 5.41) is 14.8. The molecule has 114 valence electrons. The van der Waals surface area contributed by atoms with E-state index in [1.165, 1.54) is 6.07 Å². The quantitative estimate of drug-likeness (QED) is 0.791. The smallest absolute Gasteiger partial charge is 0.332 e. The predicted octanol–water partition coefficient (Wildman–Crippen LogP) is 2.75. The number of hydrogen-bond donors (Lipinski definition) is 3. The van der Waals surface area contributed by atoms with Crippen molar-refractivity contribution in [3.63, 3.8) is 0 Å². The lowest BCUT2D eigenvalue weighted by Crippen LogP contribution is -2.36. The third-order valence-electron chi connectivity index (χ3n) is 3.05. The number of benzene rings is 1. The maximum Gasteiger partial charge on any atom is 0.332 e. The van der Waals surface area contributed by atoms with E-state index < -0.39 is 18.1 Å². The van der Waals surface area contributed by atoms with Crippen molar-refractivity contribution in [1.29, 1.82) is 0 Å². The van der Waals surface area contributed by atoms with Gasteiger partial charge in [0.05, 0.1) is 16.8 Å². The van der Waals surface area contributed by atoms with E-state index in [9.17, 15) is 9.59 Å². The van der Waals surface area contributed by atoms with Crippen molar-refractivity contribution in [3.8, 4) is 0 Å². The van der Waals surface area contributed by atoms with Crippen LogP contribution in [0.3, 0.4) is 0 Å². The van der Waals surface area contributed by atoms with Crippen LogP contribution in [0.5, 0.6) is 0 Å². The van der Waals surface area contributed by atoms with E-state index in [0.717, 1.165) is 0 Å². The van der Waals surface area contributed by atoms with E-state index in [0.29, 0.717) is 28.6 Å². The molecule has 8 heteroatoms. The van der Waals surface area contributed by atoms with Gasteiger partial charge in [-0.2, -0.15) is 0 Å². The molecule has 2 amide bonds. The number of halogens is 2. The molecule has 1 fully saturated rings. The van der Waals surface area contributed by atoms with E-state index in [4.69, 9.17) is 33.0 Å². The van der Waals surface area contributed by atoms with Gasteiger partial charge in [-0.05, 0) is 31.0 Å². The molecule has 0 aromatic heterocycles. The zero-order chi connectivity index (χ0) is 15.4. The molecule has 2 atom stereocenters. The highest BCUT2D eigenvalue weighted by atomic mass is 35.5. The Morgan fingerprint density at radius 2 is 2.10 bits per heavy atom. The highest BCUT2D eigenvalue weighted by Gasteiger charge is 2.30. The Bertz CT molecular complexity index is 553. The number of carboxylic acid groups (broad SMARTS) is 1. The molecule has 1 aliphatic heterocycles. The SMILES string of the molecule is O=C(NCC1CCC(C(=O)O)O1)Nc1ccc(Cl)cc1Cl. The second-order valence-electron chi connectivity index (χ2n) is 4.62. The van der Waals surface area contributed by atoms with Gasteiger partial charge >= 0.3 is 12.0 Å². The lowest BCUT2D eigenvalue weighted by Gasteiger charge is -2.13. The lowest BCUT2D eigenvalue weighted by molar-refractivity contribution is -0.149. The van der Waals surface area contributed by atoms with Crippen molar-refractivity contribution in [2.45, 2.75) is 25.0 Å². The summed E-state index contributed by atoms with van der Waals surface area (Å²) in [4.78, 5) is 22.5. The van der Waals surface area contributed by atoms with Crippen LogP contribution in [-0.4, -0.2) is 35.9 Å². The van der Waals surface area contributed by atoms with Gasteiger partial charge < -0.3 is 20.5 Å². The molecule has 0 spiro atoms. The zero-order valence-electron chi connectivity index (χ0n) is 10.9. The zero-order valence-corrected chi connectivity index (χ0v) is 12.4. The second-order valence-corrected chi connectivity index (χ2v) is 5.47. The molecule has 6 nitrogen and oxygen atoms in total. The summed E-state index contributed by atoms with van der Waals surface area (Å²) < 4.78 is 5.28. The molecule has 0 aliphatic carbocycles. The summed E-state index contributed by atoms with van der Waals surface area (Å²) in [6.07, 6.45) is -0.0336. The first kappa shape index (κ1) is 15.9. The van der Waals surface area contributed by atoms with Crippen molar-refractivity contribution < 1.29 is 19.4 Å². The Morgan fingerprint density at radius 3 is 2.71 bits per heavy atom. The van der Waals surface area contributed by atoms with Crippen molar-refractivity contribution in [2.75, 3.05) is 11.9 Å². The largest absolute Gasteiger partial charge is 0.479 e. The highest BCUT2D eigenvalue weighted by Crippen LogP contribution is 2.25. The van der Waals surface area contributed by atoms with Gasteiger partial charge in [-0.1, -0.05) is 23.2 Å². The Kier molecular flexibility index (Phi) is 5.27. The number of amides is 2. The minimum Gasteiger partial charge on any atom is -0.479 e. The van der Waals surface area contributed by atoms with Crippen LogP contribution in [0.25, 0.3) is 0 Å². The molecule has 3 N–H and O–H groups in total. The maximum atomic E-state index is 11.7. The predicted molar refractivity (Wildman–Crippen MR) is 79.0 cm³/mol. The average molecular weight is 333 g/mol. The summed E-state index contributed by atoms with van der Waals surface area (Å²) in [7, 11) is 0. The molecule has 0 saturated carbocycles. The normalized spacial score (nSPS) is 21.0. The molecule has 2 unspecified atom stereocenters. The number of anilines is 1. The first-order chi connectivity index (χ1) is 9.95. The Labute approximate surface area is 131 Å². The molecule has 1 aliphatic rings. The number of ether oxygens (including phenoxy) is 1. The Balaban J connectivity index is 1.79. The first-order valence-electron chi connectivity index (χ1n) is 6.34. The molecule has 21 heavy (non-hydrogen) atoms. The molecule has 2 rings (SSSR count). The van der Waals surface area contributed by atoms with Gasteiger partial charge in [0, 0.05) is 11.6 Å². The summed E-state index contributed by atoms with van der Waals surface area (Å²) in [5.74, 6) is -0.977. The number of nitrogens with one attached hydrogen (secondary N) is 2. The van der Waals surface area contributed by atoms with Crippen LogP contribution in [0.15, 0.2) is 18.2 Å². The van der Waals surface area contributed by atoms with Crippen molar-refractivity contribution in [2.24, 2.45) is 0 Å². The van der Waals surface area contributed by atoms with E-state index in [1.807, 2.05) is 0 Å². The van der Waals surface area contributed by atoms with Gasteiger partial charge in [-0.25, -0.2) is 9.59 Å². The summed E-state index contributed by atoms with van der Waals surface area (Å²) in [6, 6.07) is 4.29. The van der Waals surface area contributed by atoms with Gasteiger partial charge in [0.25, 0.3) is 0 Å². The number of urea groups is 1. The Hall–Kier alpha value is -1.50. The second kappa shape index (κ2) is 6.98. The Morgan fingerprint density at radius 1 is 1.33 bits per heavy atom. The van der Waals surface area contributed by atoms with Crippen molar-refractivity contribution in [1.82, 2.24) is 5.32 Å². The average Bonchev–Trinajstić information content (AvgIpc) is 2.89. The van der Waals surface area contributed by atoms with Gasteiger partial charge in [0.1, 0.15) is 0 Å². The van der Waals surface area contributed by atoms with E-state index in [1.54, 1.807) is 12.1 Å². The molecular weight excluding hydrogens is 319 g/mol. The molecule has 1 aromatic carbocycles. The third-order valence-corrected chi connectivity index (χ3v) is 3.60. The summed E-state index contributed by atoms with van der Waals surface area (Å²) in [6.45, 7) is 0.237. The number of carbonyl (C=O) groups is 2. The molecule has 1 aromatic rings. The van der Waals surface area contributed by atoms with Gasteiger partial charge in [0.15, 0.2) is 6.10 Å². The topological polar surface area (TPSA) is 87.7 Å². The summed E-state index contributed by atoms with van der Waals surface area (Å²) >= 11 is 11.7. The van der Waals surface area contributed by atoms with Gasteiger partial charge in [-0.3, -0.25) is 0 Å². The minimum absolute atomic E-state index is 0.237. The van der Waals surface area contributed by atoms with Crippen LogP contribution in [-0.2, 0) is 9.53 Å². The number of carboxylic acids is 1. The van der Waals surface area contributed by atoms with Crippen LogP contribution in [0, 0.1) is 0 Å². The van der Waals surface area contributed by atoms with E-state index in [2.05, 4.69) is 10.6 Å². The molecule has 1 saturated heterocycles. The number of aliphatic carboxylic acids is 1. The fraction of sp³-hybridized carbons (Fsp3) is 0.385. The van der Waals surface area contributed by atoms with Crippen LogP contribution in [0.2, 0.25) is 10.0 Å². The molecule has 1 heterocycles. The molecule has 0 bridgehead atoms. The number of carbonyl (C=O) groups excluding carboxylic acids is 1. The van der Waals surface area contributed by atoms with E-state index >= 15 is 0 Å². The monoisotopic (exact) mass is 332 g/mol. The third kappa shape index (κ3) is 4.49. The lowest BCUT2D eigenvalue weighted by atomic mass is 10.2. The molecular formula is C13H14Cl2N2O4.